The number of aliphatic carboxylic acids is 1. The van der Waals surface area contributed by atoms with Crippen LogP contribution in [0.2, 0.25) is 0 Å². The molecule has 6 heteroatoms. The maximum Gasteiger partial charge on any atom is 0.323 e. The largest absolute Gasteiger partial charge is 0.480 e. The van der Waals surface area contributed by atoms with Gasteiger partial charge in [0.15, 0.2) is 0 Å². The molecule has 1 rings (SSSR count). The van der Waals surface area contributed by atoms with Gasteiger partial charge in [-0.1, -0.05) is 0 Å². The van der Waals surface area contributed by atoms with Crippen molar-refractivity contribution in [1.82, 2.24) is 9.47 Å². The Labute approximate surface area is 111 Å². The van der Waals surface area contributed by atoms with Gasteiger partial charge in [0.25, 0.3) is 5.91 Å². The summed E-state index contributed by atoms with van der Waals surface area (Å²) in [7, 11) is 1.74. The second-order valence-electron chi connectivity index (χ2n) is 3.99. The number of carboxylic acid groups (broad SMARTS) is 1. The molecule has 0 saturated carbocycles. The predicted octanol–water partition coefficient (Wildman–Crippen LogP) is 1.40. The van der Waals surface area contributed by atoms with Crippen LogP contribution in [0, 0.1) is 0 Å². The highest BCUT2D eigenvalue weighted by Crippen LogP contribution is 2.07. The van der Waals surface area contributed by atoms with Crippen LogP contribution in [0.3, 0.4) is 0 Å². The molecule has 0 spiro atoms. The van der Waals surface area contributed by atoms with Gasteiger partial charge in [-0.3, -0.25) is 9.59 Å². The van der Waals surface area contributed by atoms with Crippen LogP contribution >= 0.6 is 11.8 Å². The van der Waals surface area contributed by atoms with Gasteiger partial charge in [-0.05, 0) is 30.6 Å². The smallest absolute Gasteiger partial charge is 0.323 e. The molecule has 0 aliphatic rings. The first-order chi connectivity index (χ1) is 8.56. The first kappa shape index (κ1) is 14.6. The minimum atomic E-state index is -0.953. The lowest BCUT2D eigenvalue weighted by Crippen LogP contribution is -2.30. The molecule has 1 aromatic heterocycles. The Morgan fingerprint density at radius 2 is 2.22 bits per heavy atom. The summed E-state index contributed by atoms with van der Waals surface area (Å²) < 4.78 is 1.45. The fourth-order valence-electron chi connectivity index (χ4n) is 1.63. The summed E-state index contributed by atoms with van der Waals surface area (Å²) in [5.41, 5.74) is 0.420. The molecule has 5 nitrogen and oxygen atoms in total. The Balaban J connectivity index is 2.65. The second kappa shape index (κ2) is 7.10. The number of carbonyl (C=O) groups is 2. The van der Waals surface area contributed by atoms with E-state index in [0.29, 0.717) is 12.2 Å². The average Bonchev–Trinajstić information content (AvgIpc) is 2.75. The number of rotatable bonds is 7. The molecular weight excluding hydrogens is 252 g/mol. The summed E-state index contributed by atoms with van der Waals surface area (Å²) >= 11 is 1.74. The van der Waals surface area contributed by atoms with Gasteiger partial charge in [0.05, 0.1) is 0 Å². The monoisotopic (exact) mass is 270 g/mol. The molecule has 0 atom stereocenters. The summed E-state index contributed by atoms with van der Waals surface area (Å²) in [6.07, 6.45) is 4.57. The van der Waals surface area contributed by atoms with Crippen molar-refractivity contribution in [2.75, 3.05) is 25.6 Å². The number of hydrogen-bond donors (Lipinski definition) is 1. The van der Waals surface area contributed by atoms with Crippen molar-refractivity contribution in [1.29, 1.82) is 0 Å². The predicted molar refractivity (Wildman–Crippen MR) is 72.0 cm³/mol. The zero-order valence-electron chi connectivity index (χ0n) is 10.6. The number of carboxylic acids is 1. The summed E-state index contributed by atoms with van der Waals surface area (Å²) in [6.45, 7) is 0.491. The van der Waals surface area contributed by atoms with Crippen molar-refractivity contribution in [3.05, 3.63) is 24.0 Å². The van der Waals surface area contributed by atoms with E-state index in [2.05, 4.69) is 0 Å². The molecule has 0 radical (unpaired) electrons. The van der Waals surface area contributed by atoms with E-state index in [4.69, 9.17) is 5.11 Å². The highest BCUT2D eigenvalue weighted by Gasteiger charge is 2.16. The van der Waals surface area contributed by atoms with Crippen molar-refractivity contribution in [2.45, 2.75) is 13.0 Å². The molecule has 0 unspecified atom stereocenters. The van der Waals surface area contributed by atoms with Crippen LogP contribution in [-0.2, 0) is 11.3 Å². The highest BCUT2D eigenvalue weighted by atomic mass is 32.2. The van der Waals surface area contributed by atoms with Gasteiger partial charge in [-0.15, -0.1) is 0 Å². The van der Waals surface area contributed by atoms with Crippen LogP contribution in [0.5, 0.6) is 0 Å². The standard InChI is InChI=1S/C12H18N2O3S/c1-13(6-4-8-18-2)12(17)10-5-3-7-14(10)9-11(15)16/h3,5,7H,4,6,8-9H2,1-2H3,(H,15,16). The molecule has 1 heterocycles. The first-order valence-corrected chi connectivity index (χ1v) is 7.07. The van der Waals surface area contributed by atoms with E-state index in [1.54, 1.807) is 42.0 Å². The lowest BCUT2D eigenvalue weighted by molar-refractivity contribution is -0.137. The Bertz CT molecular complexity index is 417. The second-order valence-corrected chi connectivity index (χ2v) is 4.97. The fourth-order valence-corrected chi connectivity index (χ4v) is 2.05. The third-order valence-electron chi connectivity index (χ3n) is 2.54. The van der Waals surface area contributed by atoms with Crippen LogP contribution < -0.4 is 0 Å². The van der Waals surface area contributed by atoms with Crippen molar-refractivity contribution in [3.8, 4) is 0 Å². The lowest BCUT2D eigenvalue weighted by Gasteiger charge is -2.17. The van der Waals surface area contributed by atoms with Gasteiger partial charge >= 0.3 is 5.97 Å². The number of nitrogens with zero attached hydrogens (tertiary/aromatic N) is 2. The molecular formula is C12H18N2O3S. The topological polar surface area (TPSA) is 62.5 Å². The van der Waals surface area contributed by atoms with Crippen LogP contribution in [0.1, 0.15) is 16.9 Å². The molecule has 1 amide bonds. The molecule has 0 aliphatic heterocycles. The molecule has 100 valence electrons. The molecule has 0 aromatic carbocycles. The maximum atomic E-state index is 12.1. The Hall–Kier alpha value is -1.43. The van der Waals surface area contributed by atoms with E-state index in [1.165, 1.54) is 4.57 Å². The van der Waals surface area contributed by atoms with Crippen LogP contribution in [0.4, 0.5) is 0 Å². The van der Waals surface area contributed by atoms with Crippen molar-refractivity contribution in [2.24, 2.45) is 0 Å². The summed E-state index contributed by atoms with van der Waals surface area (Å²) in [4.78, 5) is 24.4. The minimum Gasteiger partial charge on any atom is -0.480 e. The summed E-state index contributed by atoms with van der Waals surface area (Å²) in [5, 5.41) is 8.75. The van der Waals surface area contributed by atoms with Crippen LogP contribution in [-0.4, -0.2) is 52.1 Å². The van der Waals surface area contributed by atoms with E-state index in [0.717, 1.165) is 12.2 Å². The van der Waals surface area contributed by atoms with Crippen LogP contribution in [0.25, 0.3) is 0 Å². The van der Waals surface area contributed by atoms with E-state index in [-0.39, 0.29) is 12.5 Å². The van der Waals surface area contributed by atoms with Gasteiger partial charge in [0.2, 0.25) is 0 Å². The molecule has 0 saturated heterocycles. The summed E-state index contributed by atoms with van der Waals surface area (Å²) in [6, 6.07) is 3.34. The molecule has 0 bridgehead atoms. The zero-order chi connectivity index (χ0) is 13.5. The van der Waals surface area contributed by atoms with Crippen molar-refractivity contribution >= 4 is 23.6 Å². The van der Waals surface area contributed by atoms with Crippen molar-refractivity contribution < 1.29 is 14.7 Å². The van der Waals surface area contributed by atoms with E-state index in [9.17, 15) is 9.59 Å². The number of carbonyl (C=O) groups excluding carboxylic acids is 1. The van der Waals surface area contributed by atoms with Gasteiger partial charge in [0, 0.05) is 19.8 Å². The van der Waals surface area contributed by atoms with Gasteiger partial charge in [0.1, 0.15) is 12.2 Å². The molecule has 0 fully saturated rings. The van der Waals surface area contributed by atoms with Gasteiger partial charge < -0.3 is 14.6 Å². The van der Waals surface area contributed by atoms with Crippen molar-refractivity contribution in [3.63, 3.8) is 0 Å². The van der Waals surface area contributed by atoms with Gasteiger partial charge in [-0.2, -0.15) is 11.8 Å². The normalized spacial score (nSPS) is 10.3. The minimum absolute atomic E-state index is 0.137. The Morgan fingerprint density at radius 1 is 1.50 bits per heavy atom. The number of thioether (sulfide) groups is 1. The number of hydrogen-bond acceptors (Lipinski definition) is 3. The Morgan fingerprint density at radius 3 is 2.83 bits per heavy atom. The molecule has 1 aromatic rings. The average molecular weight is 270 g/mol. The lowest BCUT2D eigenvalue weighted by atomic mass is 10.3. The number of aromatic nitrogens is 1. The molecule has 18 heavy (non-hydrogen) atoms. The fraction of sp³-hybridized carbons (Fsp3) is 0.500. The third-order valence-corrected chi connectivity index (χ3v) is 3.24. The maximum absolute atomic E-state index is 12.1. The Kier molecular flexibility index (Phi) is 5.77. The molecule has 1 N–H and O–H groups in total. The summed E-state index contributed by atoms with van der Waals surface area (Å²) in [5.74, 6) is -0.0825. The zero-order valence-corrected chi connectivity index (χ0v) is 11.4. The van der Waals surface area contributed by atoms with E-state index >= 15 is 0 Å². The number of amides is 1. The highest BCUT2D eigenvalue weighted by molar-refractivity contribution is 7.98. The quantitative estimate of drug-likeness (QED) is 0.761. The van der Waals surface area contributed by atoms with E-state index < -0.39 is 5.97 Å². The molecule has 0 aliphatic carbocycles. The van der Waals surface area contributed by atoms with Crippen LogP contribution in [0.15, 0.2) is 18.3 Å². The SMILES string of the molecule is CSCCCN(C)C(=O)c1cccn1CC(=O)O. The van der Waals surface area contributed by atoms with Gasteiger partial charge in [-0.25, -0.2) is 0 Å². The van der Waals surface area contributed by atoms with E-state index in [1.807, 2.05) is 6.26 Å². The third kappa shape index (κ3) is 4.10. The first-order valence-electron chi connectivity index (χ1n) is 5.67.